The maximum absolute atomic E-state index is 9.38. The average Bonchev–Trinajstić information content (AvgIpc) is 3.18. The molecule has 0 saturated carbocycles. The number of H-pyrrole nitrogens is 1. The second-order valence-electron chi connectivity index (χ2n) is 6.98. The van der Waals surface area contributed by atoms with Gasteiger partial charge < -0.3 is 30.2 Å². The van der Waals surface area contributed by atoms with Crippen LogP contribution >= 0.6 is 24.0 Å². The highest BCUT2D eigenvalue weighted by Gasteiger charge is 2.09. The van der Waals surface area contributed by atoms with Crippen LogP contribution in [0.3, 0.4) is 0 Å². The number of nitrogens with one attached hydrogen (secondary N) is 3. The predicted molar refractivity (Wildman–Crippen MR) is 136 cm³/mol. The largest absolute Gasteiger partial charge is 0.508 e. The Morgan fingerprint density at radius 2 is 1.84 bits per heavy atom. The number of halogens is 1. The van der Waals surface area contributed by atoms with Crippen molar-refractivity contribution in [3.63, 3.8) is 0 Å². The molecule has 1 aromatic heterocycles. The Morgan fingerprint density at radius 1 is 1.06 bits per heavy atom. The standard InChI is InChI=1S/C23H30N4O3.HI/c1-4-24-23(26-15-16-7-9-18(28)10-8-16)25-11-5-6-17-12-20-21(27-17)13-19(29-2)14-22(20)30-3;/h7-10,12-14,27-28H,4-6,11,15H2,1-3H3,(H2,24,25,26);1H. The number of rotatable bonds is 9. The molecular formula is C23H31IN4O3. The van der Waals surface area contributed by atoms with Gasteiger partial charge in [0, 0.05) is 36.3 Å². The van der Waals surface area contributed by atoms with Crippen LogP contribution in [0.4, 0.5) is 0 Å². The number of methoxy groups -OCH3 is 2. The van der Waals surface area contributed by atoms with Crippen LogP contribution in [0.15, 0.2) is 47.5 Å². The van der Waals surface area contributed by atoms with E-state index in [-0.39, 0.29) is 29.7 Å². The van der Waals surface area contributed by atoms with Crippen LogP contribution in [0.2, 0.25) is 0 Å². The first-order valence-corrected chi connectivity index (χ1v) is 10.2. The van der Waals surface area contributed by atoms with E-state index in [1.807, 2.05) is 31.2 Å². The van der Waals surface area contributed by atoms with E-state index >= 15 is 0 Å². The number of fused-ring (bicyclic) bond motifs is 1. The molecule has 0 unspecified atom stereocenters. The Bertz CT molecular complexity index is 986. The normalized spacial score (nSPS) is 11.1. The van der Waals surface area contributed by atoms with Crippen molar-refractivity contribution in [2.45, 2.75) is 26.3 Å². The van der Waals surface area contributed by atoms with E-state index in [2.05, 4.69) is 26.7 Å². The first-order chi connectivity index (χ1) is 14.6. The number of ether oxygens (including phenoxy) is 2. The maximum Gasteiger partial charge on any atom is 0.191 e. The predicted octanol–water partition coefficient (Wildman–Crippen LogP) is 4.20. The zero-order valence-electron chi connectivity index (χ0n) is 18.2. The fourth-order valence-corrected chi connectivity index (χ4v) is 3.26. The number of phenolic OH excluding ortho intramolecular Hbond substituents is 1. The van der Waals surface area contributed by atoms with Gasteiger partial charge in [0.05, 0.1) is 26.3 Å². The highest BCUT2D eigenvalue weighted by atomic mass is 127. The quantitative estimate of drug-likeness (QED) is 0.142. The number of aromatic amines is 1. The molecule has 3 aromatic rings. The summed E-state index contributed by atoms with van der Waals surface area (Å²) in [7, 11) is 3.33. The molecule has 168 valence electrons. The SMILES string of the molecule is CCNC(=NCc1ccc(O)cc1)NCCCc1cc2c(OC)cc(OC)cc2[nH]1.I. The Hall–Kier alpha value is -2.62. The number of hydrogen-bond donors (Lipinski definition) is 4. The molecule has 0 aliphatic heterocycles. The molecule has 0 amide bonds. The van der Waals surface area contributed by atoms with Gasteiger partial charge in [0.2, 0.25) is 0 Å². The number of aromatic nitrogens is 1. The van der Waals surface area contributed by atoms with Crippen molar-refractivity contribution >= 4 is 40.8 Å². The zero-order chi connectivity index (χ0) is 21.3. The van der Waals surface area contributed by atoms with Crippen LogP contribution in [0.1, 0.15) is 24.6 Å². The molecule has 1 heterocycles. The fraction of sp³-hybridized carbons (Fsp3) is 0.348. The molecule has 4 N–H and O–H groups in total. The van der Waals surface area contributed by atoms with Crippen molar-refractivity contribution in [2.24, 2.45) is 4.99 Å². The molecule has 3 rings (SSSR count). The summed E-state index contributed by atoms with van der Waals surface area (Å²) < 4.78 is 10.8. The van der Waals surface area contributed by atoms with E-state index < -0.39 is 0 Å². The summed E-state index contributed by atoms with van der Waals surface area (Å²) in [5, 5.41) is 17.1. The number of phenols is 1. The molecule has 0 saturated heterocycles. The van der Waals surface area contributed by atoms with Crippen LogP contribution in [0, 0.1) is 0 Å². The molecular weight excluding hydrogens is 507 g/mol. The van der Waals surface area contributed by atoms with Gasteiger partial charge in [-0.05, 0) is 43.5 Å². The van der Waals surface area contributed by atoms with Crippen molar-refractivity contribution in [1.29, 1.82) is 0 Å². The number of nitrogens with zero attached hydrogens (tertiary/aromatic N) is 1. The number of guanidine groups is 1. The number of aliphatic imine (C=N–C) groups is 1. The molecule has 7 nitrogen and oxygen atoms in total. The van der Waals surface area contributed by atoms with Gasteiger partial charge in [-0.15, -0.1) is 24.0 Å². The highest BCUT2D eigenvalue weighted by molar-refractivity contribution is 14.0. The summed E-state index contributed by atoms with van der Waals surface area (Å²) in [6, 6.07) is 13.1. The lowest BCUT2D eigenvalue weighted by Crippen LogP contribution is -2.37. The highest BCUT2D eigenvalue weighted by Crippen LogP contribution is 2.31. The smallest absolute Gasteiger partial charge is 0.191 e. The molecule has 8 heteroatoms. The summed E-state index contributed by atoms with van der Waals surface area (Å²) in [4.78, 5) is 8.06. The van der Waals surface area contributed by atoms with Crippen molar-refractivity contribution in [1.82, 2.24) is 15.6 Å². The first-order valence-electron chi connectivity index (χ1n) is 10.2. The Kier molecular flexibility index (Phi) is 9.77. The van der Waals surface area contributed by atoms with Gasteiger partial charge in [-0.25, -0.2) is 4.99 Å². The maximum atomic E-state index is 9.38. The van der Waals surface area contributed by atoms with E-state index in [4.69, 9.17) is 9.47 Å². The Balaban J connectivity index is 0.00000341. The second-order valence-corrected chi connectivity index (χ2v) is 6.98. The van der Waals surface area contributed by atoms with Gasteiger partial charge in [0.25, 0.3) is 0 Å². The van der Waals surface area contributed by atoms with Crippen molar-refractivity contribution in [3.05, 3.63) is 53.7 Å². The minimum absolute atomic E-state index is 0. The monoisotopic (exact) mass is 538 g/mol. The summed E-state index contributed by atoms with van der Waals surface area (Å²) in [6.45, 7) is 4.20. The lowest BCUT2D eigenvalue weighted by molar-refractivity contribution is 0.398. The van der Waals surface area contributed by atoms with Crippen LogP contribution in [0.25, 0.3) is 10.9 Å². The molecule has 0 atom stereocenters. The van der Waals surface area contributed by atoms with Gasteiger partial charge in [0.15, 0.2) is 5.96 Å². The molecule has 2 aromatic carbocycles. The van der Waals surface area contributed by atoms with Gasteiger partial charge in [-0.3, -0.25) is 0 Å². The van der Waals surface area contributed by atoms with E-state index in [0.29, 0.717) is 6.54 Å². The van der Waals surface area contributed by atoms with Gasteiger partial charge in [-0.1, -0.05) is 12.1 Å². The van der Waals surface area contributed by atoms with E-state index in [0.717, 1.165) is 65.6 Å². The van der Waals surface area contributed by atoms with Gasteiger partial charge >= 0.3 is 0 Å². The van der Waals surface area contributed by atoms with Crippen molar-refractivity contribution in [2.75, 3.05) is 27.3 Å². The van der Waals surface area contributed by atoms with Crippen molar-refractivity contribution in [3.8, 4) is 17.2 Å². The fourth-order valence-electron chi connectivity index (χ4n) is 3.26. The minimum atomic E-state index is 0. The average molecular weight is 538 g/mol. The number of aromatic hydroxyl groups is 1. The summed E-state index contributed by atoms with van der Waals surface area (Å²) >= 11 is 0. The lowest BCUT2D eigenvalue weighted by Gasteiger charge is -2.11. The molecule has 0 aliphatic carbocycles. The summed E-state index contributed by atoms with van der Waals surface area (Å²) in [5.41, 5.74) is 3.22. The molecule has 0 radical (unpaired) electrons. The third kappa shape index (κ3) is 6.95. The van der Waals surface area contributed by atoms with Gasteiger partial charge in [-0.2, -0.15) is 0 Å². The molecule has 0 spiro atoms. The van der Waals surface area contributed by atoms with E-state index in [1.165, 1.54) is 0 Å². The third-order valence-electron chi connectivity index (χ3n) is 4.80. The Morgan fingerprint density at radius 3 is 2.52 bits per heavy atom. The van der Waals surface area contributed by atoms with Crippen LogP contribution in [-0.4, -0.2) is 43.4 Å². The van der Waals surface area contributed by atoms with Crippen LogP contribution in [0.5, 0.6) is 17.2 Å². The number of aryl methyl sites for hydroxylation is 1. The molecule has 0 fully saturated rings. The minimum Gasteiger partial charge on any atom is -0.508 e. The number of benzene rings is 2. The third-order valence-corrected chi connectivity index (χ3v) is 4.80. The van der Waals surface area contributed by atoms with E-state index in [1.54, 1.807) is 26.4 Å². The first kappa shape index (κ1) is 24.6. The summed E-state index contributed by atoms with van der Waals surface area (Å²) in [6.07, 6.45) is 1.86. The zero-order valence-corrected chi connectivity index (χ0v) is 20.5. The number of hydrogen-bond acceptors (Lipinski definition) is 4. The Labute approximate surface area is 200 Å². The topological polar surface area (TPSA) is 90.9 Å². The van der Waals surface area contributed by atoms with Crippen LogP contribution in [-0.2, 0) is 13.0 Å². The molecule has 31 heavy (non-hydrogen) atoms. The molecule has 0 bridgehead atoms. The van der Waals surface area contributed by atoms with Crippen LogP contribution < -0.4 is 20.1 Å². The lowest BCUT2D eigenvalue weighted by atomic mass is 10.2. The van der Waals surface area contributed by atoms with Crippen molar-refractivity contribution < 1.29 is 14.6 Å². The second kappa shape index (κ2) is 12.3. The van der Waals surface area contributed by atoms with E-state index in [9.17, 15) is 5.11 Å². The molecule has 0 aliphatic rings. The van der Waals surface area contributed by atoms with Gasteiger partial charge in [0.1, 0.15) is 17.2 Å². The summed E-state index contributed by atoms with van der Waals surface area (Å²) in [5.74, 6) is 2.63.